The van der Waals surface area contributed by atoms with E-state index in [4.69, 9.17) is 4.84 Å². The third-order valence-corrected chi connectivity index (χ3v) is 3.69. The van der Waals surface area contributed by atoms with Crippen molar-refractivity contribution in [2.24, 2.45) is 15.6 Å². The van der Waals surface area contributed by atoms with Gasteiger partial charge in [-0.05, 0) is 61.4 Å². The van der Waals surface area contributed by atoms with E-state index in [1.807, 2.05) is 18.3 Å². The summed E-state index contributed by atoms with van der Waals surface area (Å²) in [6, 6.07) is 4.19. The predicted molar refractivity (Wildman–Crippen MR) is 100.0 cm³/mol. The Bertz CT molecular complexity index is 556. The molecule has 0 aliphatic carbocycles. The topological polar surface area (TPSA) is 37.2 Å². The smallest absolute Gasteiger partial charge is 0.117 e. The molecule has 0 saturated heterocycles. The van der Waals surface area contributed by atoms with Gasteiger partial charge >= 0.3 is 0 Å². The molecule has 0 unspecified atom stereocenters. The van der Waals surface area contributed by atoms with Gasteiger partial charge in [-0.3, -0.25) is 0 Å². The fraction of sp³-hybridized carbons (Fsp3) is 0.579. The molecule has 4 heteroatoms. The van der Waals surface area contributed by atoms with Gasteiger partial charge < -0.3 is 9.74 Å². The number of rotatable bonds is 7. The summed E-state index contributed by atoms with van der Waals surface area (Å²) in [5, 5.41) is 4.09. The molecule has 0 aliphatic heterocycles. The predicted octanol–water partition coefficient (Wildman–Crippen LogP) is 4.70. The van der Waals surface area contributed by atoms with E-state index < -0.39 is 0 Å². The monoisotopic (exact) mass is 317 g/mol. The molecule has 128 valence electrons. The first-order chi connectivity index (χ1) is 10.7. The van der Waals surface area contributed by atoms with Gasteiger partial charge in [0, 0.05) is 13.6 Å². The Morgan fingerprint density at radius 3 is 2.48 bits per heavy atom. The zero-order valence-corrected chi connectivity index (χ0v) is 15.7. The largest absolute Gasteiger partial charge is 0.396 e. The average Bonchev–Trinajstić information content (AvgIpc) is 2.46. The zero-order valence-electron chi connectivity index (χ0n) is 15.7. The van der Waals surface area contributed by atoms with Gasteiger partial charge in [0.05, 0.1) is 18.2 Å². The summed E-state index contributed by atoms with van der Waals surface area (Å²) in [6.07, 6.45) is 4.64. The quantitative estimate of drug-likeness (QED) is 0.316. The molecule has 0 bridgehead atoms. The molecule has 1 aromatic carbocycles. The van der Waals surface area contributed by atoms with Crippen LogP contribution in [0.2, 0.25) is 0 Å². The molecule has 0 N–H and O–H groups in total. The van der Waals surface area contributed by atoms with E-state index in [1.165, 1.54) is 0 Å². The lowest BCUT2D eigenvalue weighted by Gasteiger charge is -2.16. The standard InChI is InChI=1S/C19H31N3O/c1-8-22(7)14-20-18-12-15(2)17(11-16(18)3)13-21-23-10-9-19(4,5)6/h11-14H,8-10H2,1-7H3. The van der Waals surface area contributed by atoms with Crippen molar-refractivity contribution in [2.75, 3.05) is 20.2 Å². The number of nitrogens with zero attached hydrogens (tertiary/aromatic N) is 3. The fourth-order valence-corrected chi connectivity index (χ4v) is 1.84. The first-order valence-electron chi connectivity index (χ1n) is 8.24. The van der Waals surface area contributed by atoms with Crippen LogP contribution in [0.1, 0.15) is 50.8 Å². The van der Waals surface area contributed by atoms with E-state index >= 15 is 0 Å². The number of oxime groups is 1. The molecular weight excluding hydrogens is 286 g/mol. The van der Waals surface area contributed by atoms with Gasteiger partial charge in [0.25, 0.3) is 0 Å². The molecule has 23 heavy (non-hydrogen) atoms. The maximum Gasteiger partial charge on any atom is 0.117 e. The van der Waals surface area contributed by atoms with Crippen molar-refractivity contribution in [3.05, 3.63) is 28.8 Å². The first-order valence-corrected chi connectivity index (χ1v) is 8.24. The van der Waals surface area contributed by atoms with Crippen LogP contribution >= 0.6 is 0 Å². The van der Waals surface area contributed by atoms with Crippen molar-refractivity contribution in [3.8, 4) is 0 Å². The minimum absolute atomic E-state index is 0.271. The van der Waals surface area contributed by atoms with Crippen LogP contribution in [-0.2, 0) is 4.84 Å². The Morgan fingerprint density at radius 2 is 1.87 bits per heavy atom. The van der Waals surface area contributed by atoms with E-state index in [2.05, 4.69) is 63.8 Å². The highest BCUT2D eigenvalue weighted by Gasteiger charge is 2.09. The molecule has 0 amide bonds. The van der Waals surface area contributed by atoms with Crippen LogP contribution in [0.25, 0.3) is 0 Å². The highest BCUT2D eigenvalue weighted by atomic mass is 16.6. The Balaban J connectivity index is 2.71. The number of hydrogen-bond donors (Lipinski definition) is 0. The third kappa shape index (κ3) is 7.31. The van der Waals surface area contributed by atoms with Crippen molar-refractivity contribution >= 4 is 18.2 Å². The normalized spacial score (nSPS) is 12.3. The summed E-state index contributed by atoms with van der Waals surface area (Å²) in [5.41, 5.74) is 4.61. The Kier molecular flexibility index (Phi) is 7.27. The fourth-order valence-electron chi connectivity index (χ4n) is 1.84. The molecule has 0 aliphatic rings. The number of aliphatic imine (C=N–C) groups is 1. The second-order valence-corrected chi connectivity index (χ2v) is 7.19. The number of aryl methyl sites for hydroxylation is 2. The van der Waals surface area contributed by atoms with Crippen LogP contribution in [-0.4, -0.2) is 37.7 Å². The van der Waals surface area contributed by atoms with Gasteiger partial charge in [-0.1, -0.05) is 25.9 Å². The summed E-state index contributed by atoms with van der Waals surface area (Å²) in [5.74, 6) is 0. The van der Waals surface area contributed by atoms with Crippen molar-refractivity contribution < 1.29 is 4.84 Å². The van der Waals surface area contributed by atoms with Gasteiger partial charge in [-0.25, -0.2) is 4.99 Å². The van der Waals surface area contributed by atoms with Gasteiger partial charge in [0.1, 0.15) is 6.61 Å². The molecule has 1 rings (SSSR count). The molecule has 0 heterocycles. The van der Waals surface area contributed by atoms with Gasteiger partial charge in [-0.2, -0.15) is 0 Å². The first kappa shape index (κ1) is 19.2. The lowest BCUT2D eigenvalue weighted by molar-refractivity contribution is 0.117. The van der Waals surface area contributed by atoms with Crippen molar-refractivity contribution in [1.82, 2.24) is 4.90 Å². The SMILES string of the molecule is CCN(C)C=Nc1cc(C)c(C=NOCCC(C)(C)C)cc1C. The molecule has 0 saturated carbocycles. The summed E-state index contributed by atoms with van der Waals surface area (Å²) in [7, 11) is 2.02. The maximum absolute atomic E-state index is 5.37. The van der Waals surface area contributed by atoms with Crippen LogP contribution in [0.15, 0.2) is 22.3 Å². The van der Waals surface area contributed by atoms with Crippen LogP contribution in [0.4, 0.5) is 5.69 Å². The van der Waals surface area contributed by atoms with Crippen molar-refractivity contribution in [2.45, 2.75) is 48.0 Å². The molecule has 4 nitrogen and oxygen atoms in total. The molecule has 0 spiro atoms. The lowest BCUT2D eigenvalue weighted by Crippen LogP contribution is -2.14. The molecule has 0 aromatic heterocycles. The maximum atomic E-state index is 5.37. The van der Waals surface area contributed by atoms with Gasteiger partial charge in [0.15, 0.2) is 0 Å². The molecule has 0 fully saturated rings. The Labute approximate surface area is 141 Å². The minimum atomic E-state index is 0.271. The van der Waals surface area contributed by atoms with Crippen LogP contribution in [0.3, 0.4) is 0 Å². The molecule has 0 atom stereocenters. The van der Waals surface area contributed by atoms with Gasteiger partial charge in [-0.15, -0.1) is 0 Å². The Morgan fingerprint density at radius 1 is 1.17 bits per heavy atom. The van der Waals surface area contributed by atoms with Crippen molar-refractivity contribution in [3.63, 3.8) is 0 Å². The average molecular weight is 317 g/mol. The Hall–Kier alpha value is -1.84. The van der Waals surface area contributed by atoms with Gasteiger partial charge in [0.2, 0.25) is 0 Å². The zero-order chi connectivity index (χ0) is 17.5. The molecular formula is C19H31N3O. The van der Waals surface area contributed by atoms with Crippen LogP contribution < -0.4 is 0 Å². The number of benzene rings is 1. The van der Waals surface area contributed by atoms with E-state index in [0.29, 0.717) is 6.61 Å². The summed E-state index contributed by atoms with van der Waals surface area (Å²) < 4.78 is 0. The van der Waals surface area contributed by atoms with E-state index in [-0.39, 0.29) is 5.41 Å². The highest BCUT2D eigenvalue weighted by Crippen LogP contribution is 2.22. The van der Waals surface area contributed by atoms with Crippen LogP contribution in [0, 0.1) is 19.3 Å². The van der Waals surface area contributed by atoms with E-state index in [9.17, 15) is 0 Å². The van der Waals surface area contributed by atoms with E-state index in [1.54, 1.807) is 6.21 Å². The second-order valence-electron chi connectivity index (χ2n) is 7.19. The van der Waals surface area contributed by atoms with Crippen molar-refractivity contribution in [1.29, 1.82) is 0 Å². The molecule has 0 radical (unpaired) electrons. The third-order valence-electron chi connectivity index (χ3n) is 3.69. The van der Waals surface area contributed by atoms with E-state index in [0.717, 1.165) is 35.3 Å². The minimum Gasteiger partial charge on any atom is -0.396 e. The summed E-state index contributed by atoms with van der Waals surface area (Å²) in [6.45, 7) is 14.4. The summed E-state index contributed by atoms with van der Waals surface area (Å²) >= 11 is 0. The lowest BCUT2D eigenvalue weighted by atomic mass is 9.93. The van der Waals surface area contributed by atoms with Crippen LogP contribution in [0.5, 0.6) is 0 Å². The summed E-state index contributed by atoms with van der Waals surface area (Å²) in [4.78, 5) is 12.0. The number of hydrogen-bond acceptors (Lipinski definition) is 3. The second kappa shape index (κ2) is 8.70. The highest BCUT2D eigenvalue weighted by molar-refractivity contribution is 5.83. The molecule has 1 aromatic rings.